The number of carbonyl (C=O) groups is 1. The van der Waals surface area contributed by atoms with Crippen LogP contribution in [0.1, 0.15) is 29.8 Å². The van der Waals surface area contributed by atoms with E-state index in [4.69, 9.17) is 5.73 Å². The molecule has 0 aliphatic rings. The zero-order valence-corrected chi connectivity index (χ0v) is 10.0. The highest BCUT2D eigenvalue weighted by Gasteiger charge is 2.07. The van der Waals surface area contributed by atoms with E-state index >= 15 is 0 Å². The standard InChI is InChI=1S/C11H16N2O.ClH/c1-7(2)13-11(14)9-4-5-10(12)8(3)6-9;/h4-7H,12H2,1-3H3,(H,13,14);1H. The molecule has 0 fully saturated rings. The first-order valence-corrected chi connectivity index (χ1v) is 4.67. The largest absolute Gasteiger partial charge is 0.399 e. The van der Waals surface area contributed by atoms with Gasteiger partial charge in [-0.3, -0.25) is 4.79 Å². The lowest BCUT2D eigenvalue weighted by Gasteiger charge is -2.09. The molecule has 3 N–H and O–H groups in total. The summed E-state index contributed by atoms with van der Waals surface area (Å²) in [5.41, 5.74) is 7.96. The van der Waals surface area contributed by atoms with Gasteiger partial charge in [0.2, 0.25) is 0 Å². The molecule has 1 aromatic carbocycles. The molecule has 0 aromatic heterocycles. The van der Waals surface area contributed by atoms with Crippen molar-refractivity contribution in [3.8, 4) is 0 Å². The van der Waals surface area contributed by atoms with E-state index in [1.165, 1.54) is 0 Å². The van der Waals surface area contributed by atoms with Gasteiger partial charge in [0.05, 0.1) is 0 Å². The minimum Gasteiger partial charge on any atom is -0.399 e. The van der Waals surface area contributed by atoms with Crippen LogP contribution in [-0.2, 0) is 0 Å². The van der Waals surface area contributed by atoms with Crippen molar-refractivity contribution in [1.82, 2.24) is 5.32 Å². The summed E-state index contributed by atoms with van der Waals surface area (Å²) in [4.78, 5) is 11.6. The highest BCUT2D eigenvalue weighted by atomic mass is 35.5. The number of amides is 1. The zero-order valence-electron chi connectivity index (χ0n) is 9.20. The van der Waals surface area contributed by atoms with Crippen LogP contribution in [0, 0.1) is 6.92 Å². The second kappa shape index (κ2) is 5.61. The van der Waals surface area contributed by atoms with Gasteiger partial charge in [-0.2, -0.15) is 0 Å². The molecule has 0 bridgehead atoms. The number of hydrogen-bond acceptors (Lipinski definition) is 2. The van der Waals surface area contributed by atoms with E-state index < -0.39 is 0 Å². The molecule has 0 atom stereocenters. The quantitative estimate of drug-likeness (QED) is 0.762. The van der Waals surface area contributed by atoms with Crippen molar-refractivity contribution >= 4 is 24.0 Å². The normalized spacial score (nSPS) is 9.60. The summed E-state index contributed by atoms with van der Waals surface area (Å²) in [6.07, 6.45) is 0. The molecule has 0 aliphatic carbocycles. The fraction of sp³-hybridized carbons (Fsp3) is 0.364. The number of nitrogen functional groups attached to an aromatic ring is 1. The van der Waals surface area contributed by atoms with Crippen LogP contribution in [0.15, 0.2) is 18.2 Å². The van der Waals surface area contributed by atoms with E-state index in [1.807, 2.05) is 20.8 Å². The van der Waals surface area contributed by atoms with E-state index in [0.717, 1.165) is 5.56 Å². The lowest BCUT2D eigenvalue weighted by Crippen LogP contribution is -2.30. The minimum atomic E-state index is -0.0527. The Labute approximate surface area is 96.5 Å². The van der Waals surface area contributed by atoms with Crippen LogP contribution in [-0.4, -0.2) is 11.9 Å². The van der Waals surface area contributed by atoms with Crippen LogP contribution < -0.4 is 11.1 Å². The number of anilines is 1. The molecule has 15 heavy (non-hydrogen) atoms. The lowest BCUT2D eigenvalue weighted by molar-refractivity contribution is 0.0943. The number of carbonyl (C=O) groups excluding carboxylic acids is 1. The maximum Gasteiger partial charge on any atom is 0.251 e. The van der Waals surface area contributed by atoms with Crippen LogP contribution in [0.3, 0.4) is 0 Å². The van der Waals surface area contributed by atoms with Gasteiger partial charge in [-0.05, 0) is 44.5 Å². The average molecular weight is 229 g/mol. The first kappa shape index (κ1) is 13.8. The number of nitrogens with one attached hydrogen (secondary N) is 1. The predicted octanol–water partition coefficient (Wildman–Crippen LogP) is 2.14. The minimum absolute atomic E-state index is 0. The molecule has 1 rings (SSSR count). The Kier molecular flexibility index (Phi) is 5.15. The average Bonchev–Trinajstić information content (AvgIpc) is 2.08. The van der Waals surface area contributed by atoms with Gasteiger partial charge in [0.15, 0.2) is 0 Å². The number of hydrogen-bond donors (Lipinski definition) is 2. The van der Waals surface area contributed by atoms with Crippen LogP contribution in [0.4, 0.5) is 5.69 Å². The molecule has 1 aromatic rings. The van der Waals surface area contributed by atoms with Crippen molar-refractivity contribution in [2.75, 3.05) is 5.73 Å². The number of halogens is 1. The maximum atomic E-state index is 11.6. The van der Waals surface area contributed by atoms with Crippen LogP contribution in [0.25, 0.3) is 0 Å². The lowest BCUT2D eigenvalue weighted by atomic mass is 10.1. The van der Waals surface area contributed by atoms with Crippen molar-refractivity contribution in [1.29, 1.82) is 0 Å². The Morgan fingerprint density at radius 2 is 2.00 bits per heavy atom. The molecule has 0 saturated carbocycles. The molecule has 0 saturated heterocycles. The van der Waals surface area contributed by atoms with Crippen molar-refractivity contribution < 1.29 is 4.79 Å². The van der Waals surface area contributed by atoms with Gasteiger partial charge in [0, 0.05) is 17.3 Å². The molecule has 4 heteroatoms. The molecule has 0 aliphatic heterocycles. The fourth-order valence-corrected chi connectivity index (χ4v) is 1.16. The Balaban J connectivity index is 0.00000196. The van der Waals surface area contributed by atoms with Crippen molar-refractivity contribution in [2.24, 2.45) is 0 Å². The monoisotopic (exact) mass is 228 g/mol. The van der Waals surface area contributed by atoms with Crippen molar-refractivity contribution in [2.45, 2.75) is 26.8 Å². The van der Waals surface area contributed by atoms with Crippen LogP contribution in [0.2, 0.25) is 0 Å². The van der Waals surface area contributed by atoms with E-state index in [9.17, 15) is 4.79 Å². The maximum absolute atomic E-state index is 11.6. The Morgan fingerprint density at radius 1 is 1.40 bits per heavy atom. The smallest absolute Gasteiger partial charge is 0.251 e. The van der Waals surface area contributed by atoms with E-state index in [-0.39, 0.29) is 24.4 Å². The topological polar surface area (TPSA) is 55.1 Å². The van der Waals surface area contributed by atoms with Crippen molar-refractivity contribution in [3.63, 3.8) is 0 Å². The summed E-state index contributed by atoms with van der Waals surface area (Å²) in [6.45, 7) is 5.76. The highest BCUT2D eigenvalue weighted by Crippen LogP contribution is 2.12. The zero-order chi connectivity index (χ0) is 10.7. The number of nitrogens with two attached hydrogens (primary N) is 1. The molecule has 0 radical (unpaired) electrons. The van der Waals surface area contributed by atoms with Gasteiger partial charge in [-0.25, -0.2) is 0 Å². The summed E-state index contributed by atoms with van der Waals surface area (Å²) in [5, 5.41) is 2.83. The van der Waals surface area contributed by atoms with Gasteiger partial charge in [-0.15, -0.1) is 12.4 Å². The first-order chi connectivity index (χ1) is 6.50. The molecule has 0 unspecified atom stereocenters. The molecule has 3 nitrogen and oxygen atoms in total. The number of benzene rings is 1. The number of aryl methyl sites for hydroxylation is 1. The van der Waals surface area contributed by atoms with Gasteiger partial charge in [0.1, 0.15) is 0 Å². The van der Waals surface area contributed by atoms with E-state index in [1.54, 1.807) is 18.2 Å². The summed E-state index contributed by atoms with van der Waals surface area (Å²) >= 11 is 0. The van der Waals surface area contributed by atoms with Gasteiger partial charge < -0.3 is 11.1 Å². The molecule has 0 heterocycles. The summed E-state index contributed by atoms with van der Waals surface area (Å²) in [6, 6.07) is 5.44. The molecule has 0 spiro atoms. The molecule has 1 amide bonds. The SMILES string of the molecule is Cc1cc(C(=O)NC(C)C)ccc1N.Cl. The Bertz CT molecular complexity index is 350. The van der Waals surface area contributed by atoms with Crippen molar-refractivity contribution in [3.05, 3.63) is 29.3 Å². The van der Waals surface area contributed by atoms with Crippen LogP contribution >= 0.6 is 12.4 Å². The van der Waals surface area contributed by atoms with Gasteiger partial charge in [0.25, 0.3) is 5.91 Å². The van der Waals surface area contributed by atoms with Gasteiger partial charge in [-0.1, -0.05) is 0 Å². The molecular formula is C11H17ClN2O. The van der Waals surface area contributed by atoms with E-state index in [2.05, 4.69) is 5.32 Å². The van der Waals surface area contributed by atoms with Crippen LogP contribution in [0.5, 0.6) is 0 Å². The van der Waals surface area contributed by atoms with E-state index in [0.29, 0.717) is 11.3 Å². The fourth-order valence-electron chi connectivity index (χ4n) is 1.16. The second-order valence-corrected chi connectivity index (χ2v) is 3.70. The summed E-state index contributed by atoms with van der Waals surface area (Å²) in [7, 11) is 0. The third-order valence-corrected chi connectivity index (χ3v) is 1.95. The molecular weight excluding hydrogens is 212 g/mol. The third kappa shape index (κ3) is 3.80. The summed E-state index contributed by atoms with van der Waals surface area (Å²) < 4.78 is 0. The first-order valence-electron chi connectivity index (χ1n) is 4.67. The van der Waals surface area contributed by atoms with Gasteiger partial charge >= 0.3 is 0 Å². The molecule has 84 valence electrons. The Morgan fingerprint density at radius 3 is 2.47 bits per heavy atom. The predicted molar refractivity (Wildman–Crippen MR) is 65.4 cm³/mol. The summed E-state index contributed by atoms with van der Waals surface area (Å²) in [5.74, 6) is -0.0527. The second-order valence-electron chi connectivity index (χ2n) is 3.70. The highest BCUT2D eigenvalue weighted by molar-refractivity contribution is 5.94. The third-order valence-electron chi connectivity index (χ3n) is 1.95. The number of rotatable bonds is 2. The Hall–Kier alpha value is -1.22.